The highest BCUT2D eigenvalue weighted by molar-refractivity contribution is 6.35. The van der Waals surface area contributed by atoms with Crippen molar-refractivity contribution in [2.24, 2.45) is 0 Å². The van der Waals surface area contributed by atoms with Gasteiger partial charge in [-0.3, -0.25) is 14.4 Å². The summed E-state index contributed by atoms with van der Waals surface area (Å²) in [6.45, 7) is 7.90. The first kappa shape index (κ1) is 14.8. The van der Waals surface area contributed by atoms with Crippen LogP contribution in [0.1, 0.15) is 20.8 Å². The molecule has 2 heterocycles. The van der Waals surface area contributed by atoms with Gasteiger partial charge in [0.25, 0.3) is 0 Å². The van der Waals surface area contributed by atoms with Gasteiger partial charge in [0.15, 0.2) is 0 Å². The van der Waals surface area contributed by atoms with Crippen molar-refractivity contribution in [3.63, 3.8) is 0 Å². The summed E-state index contributed by atoms with van der Waals surface area (Å²) in [5, 5.41) is 6.00. The minimum Gasteiger partial charge on any atom is -0.350 e. The summed E-state index contributed by atoms with van der Waals surface area (Å²) in [5.41, 5.74) is -0.349. The summed E-state index contributed by atoms with van der Waals surface area (Å²) in [6.07, 6.45) is 0. The highest BCUT2D eigenvalue weighted by atomic mass is 16.2. The first-order valence-electron chi connectivity index (χ1n) is 6.89. The molecule has 112 valence electrons. The van der Waals surface area contributed by atoms with E-state index in [1.54, 1.807) is 4.90 Å². The number of piperazine rings is 2. The summed E-state index contributed by atoms with van der Waals surface area (Å²) in [5.74, 6) is -1.31. The zero-order chi connectivity index (χ0) is 14.9. The Morgan fingerprint density at radius 1 is 1.35 bits per heavy atom. The van der Waals surface area contributed by atoms with Crippen molar-refractivity contribution in [2.45, 2.75) is 32.4 Å². The van der Waals surface area contributed by atoms with Gasteiger partial charge in [-0.1, -0.05) is 0 Å². The molecule has 0 spiro atoms. The zero-order valence-electron chi connectivity index (χ0n) is 12.2. The van der Waals surface area contributed by atoms with Crippen LogP contribution < -0.4 is 10.6 Å². The summed E-state index contributed by atoms with van der Waals surface area (Å²) in [7, 11) is 0. The molecule has 2 aliphatic rings. The Hall–Kier alpha value is -1.63. The molecule has 0 saturated carbocycles. The third-order valence-electron chi connectivity index (χ3n) is 3.36. The van der Waals surface area contributed by atoms with E-state index in [-0.39, 0.29) is 24.0 Å². The predicted molar refractivity (Wildman–Crippen MR) is 72.8 cm³/mol. The Morgan fingerprint density at radius 2 is 2.05 bits per heavy atom. The van der Waals surface area contributed by atoms with E-state index in [9.17, 15) is 14.4 Å². The van der Waals surface area contributed by atoms with Gasteiger partial charge in [-0.2, -0.15) is 0 Å². The fourth-order valence-corrected chi connectivity index (χ4v) is 2.55. The van der Waals surface area contributed by atoms with E-state index in [4.69, 9.17) is 0 Å². The first-order valence-corrected chi connectivity index (χ1v) is 6.89. The van der Waals surface area contributed by atoms with Gasteiger partial charge in [0.1, 0.15) is 6.54 Å². The molecule has 20 heavy (non-hydrogen) atoms. The molecule has 0 aliphatic carbocycles. The fraction of sp³-hybridized carbons (Fsp3) is 0.769. The molecule has 2 fully saturated rings. The van der Waals surface area contributed by atoms with Crippen molar-refractivity contribution in [1.29, 1.82) is 0 Å². The quantitative estimate of drug-likeness (QED) is 0.607. The number of nitrogens with zero attached hydrogens (tertiary/aromatic N) is 2. The standard InChI is InChI=1S/C13H22N4O3/c1-13(2,3)15-10(18)8-16-7-9-6-14-4-5-17(9)12(20)11(16)19/h9,14H,4-8H2,1-3H3,(H,15,18). The number of carbonyl (C=O) groups is 3. The van der Waals surface area contributed by atoms with Crippen LogP contribution in [-0.4, -0.2) is 71.8 Å². The van der Waals surface area contributed by atoms with E-state index in [0.29, 0.717) is 26.2 Å². The van der Waals surface area contributed by atoms with Crippen LogP contribution in [0.5, 0.6) is 0 Å². The lowest BCUT2D eigenvalue weighted by molar-refractivity contribution is -0.160. The van der Waals surface area contributed by atoms with Gasteiger partial charge in [-0.25, -0.2) is 0 Å². The van der Waals surface area contributed by atoms with Crippen molar-refractivity contribution in [2.75, 3.05) is 32.7 Å². The lowest BCUT2D eigenvalue weighted by atomic mass is 10.1. The Balaban J connectivity index is 2.00. The van der Waals surface area contributed by atoms with Gasteiger partial charge in [0, 0.05) is 31.7 Å². The van der Waals surface area contributed by atoms with Gasteiger partial charge >= 0.3 is 11.8 Å². The zero-order valence-corrected chi connectivity index (χ0v) is 12.2. The molecule has 2 aliphatic heterocycles. The monoisotopic (exact) mass is 282 g/mol. The van der Waals surface area contributed by atoms with E-state index >= 15 is 0 Å². The smallest absolute Gasteiger partial charge is 0.312 e. The van der Waals surface area contributed by atoms with Gasteiger partial charge in [-0.05, 0) is 20.8 Å². The van der Waals surface area contributed by atoms with Gasteiger partial charge in [0.2, 0.25) is 5.91 Å². The topological polar surface area (TPSA) is 81.8 Å². The molecule has 7 heteroatoms. The summed E-state index contributed by atoms with van der Waals surface area (Å²) >= 11 is 0. The number of hydrogen-bond acceptors (Lipinski definition) is 4. The van der Waals surface area contributed by atoms with Crippen LogP contribution in [-0.2, 0) is 14.4 Å². The van der Waals surface area contributed by atoms with Crippen LogP contribution in [0.25, 0.3) is 0 Å². The highest BCUT2D eigenvalue weighted by Crippen LogP contribution is 2.14. The number of fused-ring (bicyclic) bond motifs is 1. The molecule has 0 aromatic heterocycles. The number of hydrogen-bond donors (Lipinski definition) is 2. The second-order valence-electron chi connectivity index (χ2n) is 6.34. The summed E-state index contributed by atoms with van der Waals surface area (Å²) < 4.78 is 0. The average molecular weight is 282 g/mol. The van der Waals surface area contributed by atoms with Crippen LogP contribution >= 0.6 is 0 Å². The molecule has 0 aromatic carbocycles. The fourth-order valence-electron chi connectivity index (χ4n) is 2.55. The third kappa shape index (κ3) is 3.27. The van der Waals surface area contributed by atoms with Crippen LogP contribution in [0.4, 0.5) is 0 Å². The number of nitrogens with one attached hydrogen (secondary N) is 2. The normalized spacial score (nSPS) is 23.6. The highest BCUT2D eigenvalue weighted by Gasteiger charge is 2.40. The van der Waals surface area contributed by atoms with Crippen molar-refractivity contribution < 1.29 is 14.4 Å². The molecule has 0 radical (unpaired) electrons. The Bertz CT molecular complexity index is 430. The maximum Gasteiger partial charge on any atom is 0.312 e. The third-order valence-corrected chi connectivity index (χ3v) is 3.36. The maximum atomic E-state index is 12.0. The predicted octanol–water partition coefficient (Wildman–Crippen LogP) is -1.46. The number of carbonyl (C=O) groups excluding carboxylic acids is 3. The molecule has 1 atom stereocenters. The van der Waals surface area contributed by atoms with E-state index < -0.39 is 11.8 Å². The maximum absolute atomic E-state index is 12.0. The van der Waals surface area contributed by atoms with Crippen LogP contribution in [0.2, 0.25) is 0 Å². The minimum atomic E-state index is -0.577. The van der Waals surface area contributed by atoms with Crippen LogP contribution in [0.15, 0.2) is 0 Å². The van der Waals surface area contributed by atoms with E-state index in [1.165, 1.54) is 4.90 Å². The molecule has 2 saturated heterocycles. The lowest BCUT2D eigenvalue weighted by Gasteiger charge is -2.43. The van der Waals surface area contributed by atoms with Gasteiger partial charge < -0.3 is 20.4 Å². The van der Waals surface area contributed by atoms with Crippen molar-refractivity contribution in [3.05, 3.63) is 0 Å². The second kappa shape index (κ2) is 5.40. The number of amides is 3. The Kier molecular flexibility index (Phi) is 3.99. The van der Waals surface area contributed by atoms with E-state index in [1.807, 2.05) is 20.8 Å². The SMILES string of the molecule is CC(C)(C)NC(=O)CN1CC2CNCCN2C(=O)C1=O. The van der Waals surface area contributed by atoms with Crippen molar-refractivity contribution >= 4 is 17.7 Å². The summed E-state index contributed by atoms with van der Waals surface area (Å²) in [6, 6.07) is -0.0311. The molecule has 7 nitrogen and oxygen atoms in total. The molecular weight excluding hydrogens is 260 g/mol. The van der Waals surface area contributed by atoms with E-state index in [2.05, 4.69) is 10.6 Å². The Morgan fingerprint density at radius 3 is 2.70 bits per heavy atom. The van der Waals surface area contributed by atoms with Crippen molar-refractivity contribution in [3.8, 4) is 0 Å². The lowest BCUT2D eigenvalue weighted by Crippen LogP contribution is -2.66. The molecule has 3 amide bonds. The Labute approximate surface area is 118 Å². The van der Waals surface area contributed by atoms with Gasteiger partial charge in [-0.15, -0.1) is 0 Å². The average Bonchev–Trinajstić information content (AvgIpc) is 2.33. The minimum absolute atomic E-state index is 0.0311. The largest absolute Gasteiger partial charge is 0.350 e. The molecule has 2 N–H and O–H groups in total. The number of rotatable bonds is 2. The molecule has 0 bridgehead atoms. The van der Waals surface area contributed by atoms with Crippen LogP contribution in [0, 0.1) is 0 Å². The summed E-state index contributed by atoms with van der Waals surface area (Å²) in [4.78, 5) is 38.9. The molecule has 0 aromatic rings. The van der Waals surface area contributed by atoms with Gasteiger partial charge in [0.05, 0.1) is 6.04 Å². The van der Waals surface area contributed by atoms with Crippen molar-refractivity contribution in [1.82, 2.24) is 20.4 Å². The second-order valence-corrected chi connectivity index (χ2v) is 6.34. The van der Waals surface area contributed by atoms with E-state index in [0.717, 1.165) is 0 Å². The molecular formula is C13H22N4O3. The van der Waals surface area contributed by atoms with Crippen LogP contribution in [0.3, 0.4) is 0 Å². The molecule has 2 rings (SSSR count). The first-order chi connectivity index (χ1) is 9.28. The molecule has 1 unspecified atom stereocenters.